The molecule has 0 aliphatic heterocycles. The Balaban J connectivity index is 1.87. The SMILES string of the molecule is Cc1ccc(CN(C(=O)CN(c2cccc(Br)c2)S(C)(=O)=O)[C@@H](C)C(=O)NC2CCCC2)cc1. The Morgan fingerprint density at radius 1 is 1.12 bits per heavy atom. The Kier molecular flexibility index (Phi) is 8.76. The predicted octanol–water partition coefficient (Wildman–Crippen LogP) is 4.00. The summed E-state index contributed by atoms with van der Waals surface area (Å²) in [5, 5.41) is 3.06. The van der Waals surface area contributed by atoms with Crippen LogP contribution in [0.1, 0.15) is 43.7 Å². The summed E-state index contributed by atoms with van der Waals surface area (Å²) in [7, 11) is -3.74. The van der Waals surface area contributed by atoms with Gasteiger partial charge in [0.1, 0.15) is 12.6 Å². The van der Waals surface area contributed by atoms with Crippen LogP contribution in [0.15, 0.2) is 53.0 Å². The van der Waals surface area contributed by atoms with Crippen LogP contribution in [0.2, 0.25) is 0 Å². The molecule has 1 aliphatic carbocycles. The second-order valence-corrected chi connectivity index (χ2v) is 11.7. The van der Waals surface area contributed by atoms with E-state index < -0.39 is 28.5 Å². The van der Waals surface area contributed by atoms with Crippen molar-refractivity contribution in [2.45, 2.75) is 58.2 Å². The number of nitrogens with one attached hydrogen (secondary N) is 1. The van der Waals surface area contributed by atoms with Crippen molar-refractivity contribution >= 4 is 43.5 Å². The minimum Gasteiger partial charge on any atom is -0.352 e. The van der Waals surface area contributed by atoms with Gasteiger partial charge in [0.15, 0.2) is 0 Å². The molecule has 3 rings (SSSR count). The van der Waals surface area contributed by atoms with E-state index in [0.717, 1.165) is 47.4 Å². The van der Waals surface area contributed by atoms with Gasteiger partial charge in [0.25, 0.3) is 0 Å². The molecule has 2 amide bonds. The number of carbonyl (C=O) groups is 2. The standard InChI is InChI=1S/C25H32BrN3O4S/c1-18-11-13-20(14-12-18)16-28(19(2)25(31)27-22-8-4-5-9-22)24(30)17-29(34(3,32)33)23-10-6-7-21(26)15-23/h6-7,10-15,19,22H,4-5,8-9,16-17H2,1-3H3,(H,27,31)/t19-/m0/s1. The second-order valence-electron chi connectivity index (χ2n) is 8.92. The van der Waals surface area contributed by atoms with Gasteiger partial charge in [-0.2, -0.15) is 0 Å². The van der Waals surface area contributed by atoms with Crippen molar-refractivity contribution in [1.82, 2.24) is 10.2 Å². The van der Waals surface area contributed by atoms with E-state index in [1.165, 1.54) is 4.90 Å². The van der Waals surface area contributed by atoms with Gasteiger partial charge < -0.3 is 10.2 Å². The van der Waals surface area contributed by atoms with Crippen molar-refractivity contribution in [1.29, 1.82) is 0 Å². The van der Waals surface area contributed by atoms with Crippen molar-refractivity contribution in [2.75, 3.05) is 17.1 Å². The third-order valence-corrected chi connectivity index (χ3v) is 7.75. The lowest BCUT2D eigenvalue weighted by Gasteiger charge is -2.32. The first-order valence-electron chi connectivity index (χ1n) is 11.4. The first-order chi connectivity index (χ1) is 16.0. The van der Waals surface area contributed by atoms with Crippen molar-refractivity contribution < 1.29 is 18.0 Å². The highest BCUT2D eigenvalue weighted by molar-refractivity contribution is 9.10. The first kappa shape index (κ1) is 26.2. The molecule has 7 nitrogen and oxygen atoms in total. The van der Waals surface area contributed by atoms with Gasteiger partial charge >= 0.3 is 0 Å². The van der Waals surface area contributed by atoms with Crippen molar-refractivity contribution in [3.8, 4) is 0 Å². The van der Waals surface area contributed by atoms with Crippen molar-refractivity contribution in [3.05, 3.63) is 64.1 Å². The number of sulfonamides is 1. The van der Waals surface area contributed by atoms with Gasteiger partial charge in [-0.25, -0.2) is 8.42 Å². The highest BCUT2D eigenvalue weighted by Crippen LogP contribution is 2.23. The fraction of sp³-hybridized carbons (Fsp3) is 0.440. The lowest BCUT2D eigenvalue weighted by molar-refractivity contribution is -0.139. The Labute approximate surface area is 210 Å². The van der Waals surface area contributed by atoms with Gasteiger partial charge in [0, 0.05) is 17.1 Å². The number of hydrogen-bond donors (Lipinski definition) is 1. The van der Waals surface area contributed by atoms with Gasteiger partial charge in [0.2, 0.25) is 21.8 Å². The topological polar surface area (TPSA) is 86.8 Å². The number of benzene rings is 2. The maximum Gasteiger partial charge on any atom is 0.244 e. The third kappa shape index (κ3) is 7.06. The molecule has 0 unspecified atom stereocenters. The van der Waals surface area contributed by atoms with E-state index in [-0.39, 0.29) is 18.5 Å². The molecule has 0 radical (unpaired) electrons. The molecule has 0 spiro atoms. The lowest BCUT2D eigenvalue weighted by atomic mass is 10.1. The van der Waals surface area contributed by atoms with Crippen molar-refractivity contribution in [2.24, 2.45) is 0 Å². The molecule has 1 N–H and O–H groups in total. The molecule has 2 aromatic carbocycles. The number of hydrogen-bond acceptors (Lipinski definition) is 4. The molecule has 9 heteroatoms. The quantitative estimate of drug-likeness (QED) is 0.512. The van der Waals surface area contributed by atoms with Crippen LogP contribution in [-0.4, -0.2) is 50.0 Å². The highest BCUT2D eigenvalue weighted by atomic mass is 79.9. The summed E-state index contributed by atoms with van der Waals surface area (Å²) in [6, 6.07) is 13.9. The summed E-state index contributed by atoms with van der Waals surface area (Å²) >= 11 is 3.36. The highest BCUT2D eigenvalue weighted by Gasteiger charge is 2.31. The zero-order valence-corrected chi connectivity index (χ0v) is 22.2. The maximum atomic E-state index is 13.5. The number of aryl methyl sites for hydroxylation is 1. The Bertz CT molecular complexity index is 1120. The monoisotopic (exact) mass is 549 g/mol. The van der Waals surface area contributed by atoms with Gasteiger partial charge in [-0.1, -0.05) is 64.7 Å². The van der Waals surface area contributed by atoms with Gasteiger partial charge in [-0.15, -0.1) is 0 Å². The maximum absolute atomic E-state index is 13.5. The van der Waals surface area contributed by atoms with Crippen LogP contribution in [0.25, 0.3) is 0 Å². The summed E-state index contributed by atoms with van der Waals surface area (Å²) in [5.41, 5.74) is 2.34. The zero-order chi connectivity index (χ0) is 24.9. The molecule has 1 aliphatic rings. The molecule has 1 fully saturated rings. The van der Waals surface area contributed by atoms with Crippen LogP contribution in [-0.2, 0) is 26.2 Å². The molecule has 1 saturated carbocycles. The van der Waals surface area contributed by atoms with E-state index in [2.05, 4.69) is 21.2 Å². The zero-order valence-electron chi connectivity index (χ0n) is 19.8. The summed E-state index contributed by atoms with van der Waals surface area (Å²) in [5.74, 6) is -0.666. The Hall–Kier alpha value is -2.39. The molecule has 0 aromatic heterocycles. The molecule has 1 atom stereocenters. The van der Waals surface area contributed by atoms with Crippen LogP contribution in [0.5, 0.6) is 0 Å². The summed E-state index contributed by atoms with van der Waals surface area (Å²) < 4.78 is 27.0. The van der Waals surface area contributed by atoms with E-state index in [0.29, 0.717) is 10.2 Å². The van der Waals surface area contributed by atoms with E-state index in [1.807, 2.05) is 31.2 Å². The molecular weight excluding hydrogens is 518 g/mol. The smallest absolute Gasteiger partial charge is 0.244 e. The number of anilines is 1. The third-order valence-electron chi connectivity index (χ3n) is 6.12. The number of carbonyl (C=O) groups excluding carboxylic acids is 2. The average Bonchev–Trinajstić information content (AvgIpc) is 3.28. The summed E-state index contributed by atoms with van der Waals surface area (Å²) in [4.78, 5) is 28.0. The van der Waals surface area contributed by atoms with Crippen molar-refractivity contribution in [3.63, 3.8) is 0 Å². The van der Waals surface area contributed by atoms with Crippen LogP contribution >= 0.6 is 15.9 Å². The Morgan fingerprint density at radius 3 is 2.35 bits per heavy atom. The fourth-order valence-corrected chi connectivity index (χ4v) is 5.34. The second kappa shape index (κ2) is 11.4. The van der Waals surface area contributed by atoms with Gasteiger partial charge in [-0.3, -0.25) is 13.9 Å². The Morgan fingerprint density at radius 2 is 1.76 bits per heavy atom. The predicted molar refractivity (Wildman–Crippen MR) is 138 cm³/mol. The van der Waals surface area contributed by atoms with Crippen LogP contribution in [0.4, 0.5) is 5.69 Å². The minimum absolute atomic E-state index is 0.125. The molecule has 0 saturated heterocycles. The van der Waals surface area contributed by atoms with Crippen LogP contribution in [0, 0.1) is 6.92 Å². The van der Waals surface area contributed by atoms with E-state index in [4.69, 9.17) is 0 Å². The van der Waals surface area contributed by atoms with Crippen LogP contribution < -0.4 is 9.62 Å². The normalized spacial score (nSPS) is 15.1. The number of rotatable bonds is 9. The van der Waals surface area contributed by atoms with Crippen LogP contribution in [0.3, 0.4) is 0 Å². The number of amides is 2. The minimum atomic E-state index is -3.74. The molecule has 2 aromatic rings. The largest absolute Gasteiger partial charge is 0.352 e. The summed E-state index contributed by atoms with van der Waals surface area (Å²) in [6.45, 7) is 3.48. The molecular formula is C25H32BrN3O4S. The van der Waals surface area contributed by atoms with Gasteiger partial charge in [-0.05, 0) is 50.5 Å². The fourth-order valence-electron chi connectivity index (χ4n) is 4.11. The lowest BCUT2D eigenvalue weighted by Crippen LogP contribution is -2.52. The van der Waals surface area contributed by atoms with E-state index in [9.17, 15) is 18.0 Å². The average molecular weight is 551 g/mol. The van der Waals surface area contributed by atoms with Gasteiger partial charge in [0.05, 0.1) is 11.9 Å². The number of halogens is 1. The molecule has 0 bridgehead atoms. The molecule has 34 heavy (non-hydrogen) atoms. The number of nitrogens with zero attached hydrogens (tertiary/aromatic N) is 2. The summed E-state index contributed by atoms with van der Waals surface area (Å²) in [6.07, 6.45) is 5.12. The molecule has 184 valence electrons. The first-order valence-corrected chi connectivity index (χ1v) is 14.1. The molecule has 0 heterocycles. The van der Waals surface area contributed by atoms with E-state index >= 15 is 0 Å². The van der Waals surface area contributed by atoms with E-state index in [1.54, 1.807) is 31.2 Å².